The van der Waals surface area contributed by atoms with Crippen LogP contribution in [0.15, 0.2) is 41.5 Å². The van der Waals surface area contributed by atoms with Crippen molar-refractivity contribution in [3.8, 4) is 5.75 Å². The maximum absolute atomic E-state index is 11.5. The van der Waals surface area contributed by atoms with Crippen LogP contribution in [-0.2, 0) is 13.0 Å². The van der Waals surface area contributed by atoms with Crippen molar-refractivity contribution in [3.63, 3.8) is 0 Å². The number of aromatic nitrogens is 2. The van der Waals surface area contributed by atoms with E-state index in [1.165, 1.54) is 5.56 Å². The minimum atomic E-state index is -0.200. The molecule has 0 radical (unpaired) electrons. The van der Waals surface area contributed by atoms with E-state index in [4.69, 9.17) is 4.74 Å². The van der Waals surface area contributed by atoms with Crippen molar-refractivity contribution in [2.45, 2.75) is 19.9 Å². The molecular weight excluding hydrogens is 228 g/mol. The summed E-state index contributed by atoms with van der Waals surface area (Å²) in [4.78, 5) is 15.3. The van der Waals surface area contributed by atoms with Crippen LogP contribution in [0.5, 0.6) is 5.75 Å². The molecule has 4 heteroatoms. The summed E-state index contributed by atoms with van der Waals surface area (Å²) < 4.78 is 6.74. The van der Waals surface area contributed by atoms with Crippen LogP contribution in [-0.4, -0.2) is 16.7 Å². The van der Waals surface area contributed by atoms with E-state index in [1.807, 2.05) is 37.4 Å². The van der Waals surface area contributed by atoms with Crippen LogP contribution in [0.1, 0.15) is 11.1 Å². The second-order valence-electron chi connectivity index (χ2n) is 4.21. The molecule has 0 amide bonds. The molecule has 0 aliphatic rings. The molecule has 0 atom stereocenters. The number of aryl methyl sites for hydroxylation is 3. The van der Waals surface area contributed by atoms with Gasteiger partial charge in [0.2, 0.25) is 0 Å². The van der Waals surface area contributed by atoms with Gasteiger partial charge in [0.25, 0.3) is 0 Å². The number of hydrogen-bond acceptors (Lipinski definition) is 3. The van der Waals surface area contributed by atoms with Crippen LogP contribution in [0.2, 0.25) is 0 Å². The van der Waals surface area contributed by atoms with Crippen molar-refractivity contribution in [3.05, 3.63) is 58.3 Å². The lowest BCUT2D eigenvalue weighted by molar-refractivity contribution is 0.414. The maximum atomic E-state index is 11.5. The summed E-state index contributed by atoms with van der Waals surface area (Å²) in [6.45, 7) is 2.57. The first kappa shape index (κ1) is 12.4. The van der Waals surface area contributed by atoms with Gasteiger partial charge in [-0.05, 0) is 36.6 Å². The zero-order chi connectivity index (χ0) is 13.0. The van der Waals surface area contributed by atoms with Gasteiger partial charge in [0.15, 0.2) is 0 Å². The van der Waals surface area contributed by atoms with E-state index in [2.05, 4.69) is 4.98 Å². The largest absolute Gasteiger partial charge is 0.497 e. The van der Waals surface area contributed by atoms with E-state index in [-0.39, 0.29) is 5.69 Å². The van der Waals surface area contributed by atoms with Crippen molar-refractivity contribution in [2.75, 3.05) is 7.11 Å². The number of rotatable bonds is 4. The fourth-order valence-corrected chi connectivity index (χ4v) is 1.77. The summed E-state index contributed by atoms with van der Waals surface area (Å²) in [7, 11) is 1.65. The smallest absolute Gasteiger partial charge is 0.347 e. The molecule has 0 N–H and O–H groups in total. The van der Waals surface area contributed by atoms with E-state index < -0.39 is 0 Å². The second-order valence-corrected chi connectivity index (χ2v) is 4.21. The van der Waals surface area contributed by atoms with E-state index in [9.17, 15) is 4.79 Å². The van der Waals surface area contributed by atoms with Crippen LogP contribution in [0.25, 0.3) is 0 Å². The molecule has 0 fully saturated rings. The van der Waals surface area contributed by atoms with Crippen molar-refractivity contribution in [1.29, 1.82) is 0 Å². The summed E-state index contributed by atoms with van der Waals surface area (Å²) in [6.07, 6.45) is 4.22. The number of methoxy groups -OCH3 is 1. The van der Waals surface area contributed by atoms with Gasteiger partial charge < -0.3 is 4.74 Å². The zero-order valence-electron chi connectivity index (χ0n) is 10.6. The molecule has 0 spiro atoms. The highest BCUT2D eigenvalue weighted by molar-refractivity contribution is 5.27. The Morgan fingerprint density at radius 1 is 1.28 bits per heavy atom. The lowest BCUT2D eigenvalue weighted by atomic mass is 10.1. The average molecular weight is 244 g/mol. The predicted molar refractivity (Wildman–Crippen MR) is 69.9 cm³/mol. The number of ether oxygens (including phenoxy) is 1. The van der Waals surface area contributed by atoms with E-state index in [0.29, 0.717) is 6.54 Å². The molecule has 4 nitrogen and oxygen atoms in total. The Bertz CT molecular complexity index is 573. The fourth-order valence-electron chi connectivity index (χ4n) is 1.77. The van der Waals surface area contributed by atoms with Gasteiger partial charge in [-0.25, -0.2) is 9.78 Å². The molecular formula is C14H16N2O2. The van der Waals surface area contributed by atoms with Crippen LogP contribution < -0.4 is 10.4 Å². The average Bonchev–Trinajstić information content (AvgIpc) is 2.40. The van der Waals surface area contributed by atoms with Gasteiger partial charge in [-0.2, -0.15) is 0 Å². The Labute approximate surface area is 106 Å². The number of benzene rings is 1. The lowest BCUT2D eigenvalue weighted by Gasteiger charge is -2.06. The van der Waals surface area contributed by atoms with Crippen molar-refractivity contribution in [2.24, 2.45) is 0 Å². The van der Waals surface area contributed by atoms with Gasteiger partial charge in [-0.3, -0.25) is 4.57 Å². The van der Waals surface area contributed by atoms with Crippen LogP contribution in [0, 0.1) is 6.92 Å². The maximum Gasteiger partial charge on any atom is 0.347 e. The van der Waals surface area contributed by atoms with Gasteiger partial charge >= 0.3 is 5.69 Å². The van der Waals surface area contributed by atoms with Crippen LogP contribution in [0.3, 0.4) is 0 Å². The first-order valence-corrected chi connectivity index (χ1v) is 5.85. The SMILES string of the molecule is COc1ccc(CCn2cc(C)cnc2=O)cc1. The van der Waals surface area contributed by atoms with Crippen LogP contribution in [0.4, 0.5) is 0 Å². The third-order valence-corrected chi connectivity index (χ3v) is 2.78. The predicted octanol–water partition coefficient (Wildman–Crippen LogP) is 1.80. The molecule has 0 saturated heterocycles. The molecule has 18 heavy (non-hydrogen) atoms. The molecule has 1 aromatic heterocycles. The van der Waals surface area contributed by atoms with Crippen molar-refractivity contribution >= 4 is 0 Å². The van der Waals surface area contributed by atoms with E-state index >= 15 is 0 Å². The molecule has 2 rings (SSSR count). The third-order valence-electron chi connectivity index (χ3n) is 2.78. The Morgan fingerprint density at radius 3 is 2.67 bits per heavy atom. The Morgan fingerprint density at radius 2 is 2.00 bits per heavy atom. The molecule has 0 aliphatic carbocycles. The van der Waals surface area contributed by atoms with E-state index in [1.54, 1.807) is 17.9 Å². The summed E-state index contributed by atoms with van der Waals surface area (Å²) in [5.41, 5.74) is 1.96. The second kappa shape index (κ2) is 5.49. The van der Waals surface area contributed by atoms with Gasteiger partial charge in [0.1, 0.15) is 5.75 Å². The highest BCUT2D eigenvalue weighted by atomic mass is 16.5. The molecule has 0 aliphatic heterocycles. The van der Waals surface area contributed by atoms with Gasteiger partial charge in [0.05, 0.1) is 7.11 Å². The summed E-state index contributed by atoms with van der Waals surface area (Å²) in [5.74, 6) is 0.841. The standard InChI is InChI=1S/C14H16N2O2/c1-11-9-15-14(17)16(10-11)8-7-12-3-5-13(18-2)6-4-12/h3-6,9-10H,7-8H2,1-2H3. The Kier molecular flexibility index (Phi) is 3.77. The minimum absolute atomic E-state index is 0.200. The van der Waals surface area contributed by atoms with Crippen molar-refractivity contribution in [1.82, 2.24) is 9.55 Å². The first-order chi connectivity index (χ1) is 8.69. The molecule has 1 aromatic carbocycles. The Hall–Kier alpha value is -2.10. The first-order valence-electron chi connectivity index (χ1n) is 5.85. The number of nitrogens with zero attached hydrogens (tertiary/aromatic N) is 2. The fraction of sp³-hybridized carbons (Fsp3) is 0.286. The quantitative estimate of drug-likeness (QED) is 0.823. The summed E-state index contributed by atoms with van der Waals surface area (Å²) in [6, 6.07) is 7.86. The Balaban J connectivity index is 2.06. The summed E-state index contributed by atoms with van der Waals surface area (Å²) in [5, 5.41) is 0. The molecule has 94 valence electrons. The zero-order valence-corrected chi connectivity index (χ0v) is 10.6. The molecule has 0 saturated carbocycles. The highest BCUT2D eigenvalue weighted by Crippen LogP contribution is 2.11. The van der Waals surface area contributed by atoms with Crippen molar-refractivity contribution < 1.29 is 4.74 Å². The van der Waals surface area contributed by atoms with E-state index in [0.717, 1.165) is 17.7 Å². The monoisotopic (exact) mass is 244 g/mol. The summed E-state index contributed by atoms with van der Waals surface area (Å²) >= 11 is 0. The number of hydrogen-bond donors (Lipinski definition) is 0. The normalized spacial score (nSPS) is 10.3. The third kappa shape index (κ3) is 2.97. The minimum Gasteiger partial charge on any atom is -0.497 e. The highest BCUT2D eigenvalue weighted by Gasteiger charge is 1.99. The van der Waals surface area contributed by atoms with Crippen LogP contribution >= 0.6 is 0 Å². The topological polar surface area (TPSA) is 44.1 Å². The van der Waals surface area contributed by atoms with Gasteiger partial charge in [-0.15, -0.1) is 0 Å². The van der Waals surface area contributed by atoms with Gasteiger partial charge in [-0.1, -0.05) is 12.1 Å². The molecule has 1 heterocycles. The van der Waals surface area contributed by atoms with Gasteiger partial charge in [0, 0.05) is 18.9 Å². The molecule has 0 bridgehead atoms. The molecule has 2 aromatic rings. The lowest BCUT2D eigenvalue weighted by Crippen LogP contribution is -2.23. The molecule has 0 unspecified atom stereocenters.